The van der Waals surface area contributed by atoms with Crippen molar-refractivity contribution in [3.8, 4) is 0 Å². The average molecular weight is 325 g/mol. The Morgan fingerprint density at radius 2 is 2.21 bits per heavy atom. The largest absolute Gasteiger partial charge is 0.352 e. The molecule has 0 spiro atoms. The number of carbonyl (C=O) groups is 1. The third-order valence-corrected chi connectivity index (χ3v) is 4.34. The molecule has 3 nitrogen and oxygen atoms in total. The smallest absolute Gasteiger partial charge is 0.220 e. The Balaban J connectivity index is 1.68. The molecule has 1 aliphatic rings. The first-order valence-electron chi connectivity index (χ1n) is 6.99. The van der Waals surface area contributed by atoms with Crippen LogP contribution < -0.4 is 10.6 Å². The predicted octanol–water partition coefficient (Wildman–Crippen LogP) is 2.99. The molecule has 0 aliphatic carbocycles. The van der Waals surface area contributed by atoms with Gasteiger partial charge in [-0.15, -0.1) is 0 Å². The highest BCUT2D eigenvalue weighted by Crippen LogP contribution is 2.15. The maximum absolute atomic E-state index is 11.8. The second-order valence-electron chi connectivity index (χ2n) is 5.05. The highest BCUT2D eigenvalue weighted by molar-refractivity contribution is 9.10. The van der Waals surface area contributed by atoms with Crippen LogP contribution in [-0.4, -0.2) is 18.5 Å². The van der Waals surface area contributed by atoms with Crippen LogP contribution in [0.1, 0.15) is 37.7 Å². The number of benzene rings is 1. The number of hydrogen-bond donors (Lipinski definition) is 2. The molecule has 104 valence electrons. The zero-order chi connectivity index (χ0) is 13.5. The first-order chi connectivity index (χ1) is 9.25. The molecule has 1 aromatic rings. The summed E-state index contributed by atoms with van der Waals surface area (Å²) in [5.41, 5.74) is 1.12. The van der Waals surface area contributed by atoms with Crippen molar-refractivity contribution in [3.63, 3.8) is 0 Å². The van der Waals surface area contributed by atoms with Gasteiger partial charge in [0.05, 0.1) is 0 Å². The van der Waals surface area contributed by atoms with Gasteiger partial charge in [0, 0.05) is 23.5 Å². The van der Waals surface area contributed by atoms with E-state index in [1.165, 1.54) is 19.3 Å². The molecular weight excluding hydrogens is 304 g/mol. The molecule has 1 heterocycles. The van der Waals surface area contributed by atoms with Gasteiger partial charge in [0.15, 0.2) is 0 Å². The van der Waals surface area contributed by atoms with E-state index >= 15 is 0 Å². The number of rotatable bonds is 5. The Morgan fingerprint density at radius 1 is 1.37 bits per heavy atom. The van der Waals surface area contributed by atoms with Crippen LogP contribution in [0.4, 0.5) is 0 Å². The van der Waals surface area contributed by atoms with Gasteiger partial charge < -0.3 is 10.6 Å². The van der Waals surface area contributed by atoms with Crippen LogP contribution in [-0.2, 0) is 11.3 Å². The van der Waals surface area contributed by atoms with Gasteiger partial charge in [-0.2, -0.15) is 0 Å². The van der Waals surface area contributed by atoms with Crippen molar-refractivity contribution in [2.24, 2.45) is 0 Å². The van der Waals surface area contributed by atoms with Crippen molar-refractivity contribution in [2.75, 3.05) is 6.54 Å². The van der Waals surface area contributed by atoms with E-state index in [4.69, 9.17) is 0 Å². The zero-order valence-corrected chi connectivity index (χ0v) is 12.7. The van der Waals surface area contributed by atoms with Gasteiger partial charge in [0.2, 0.25) is 5.91 Å². The van der Waals surface area contributed by atoms with E-state index in [1.54, 1.807) is 0 Å². The molecule has 19 heavy (non-hydrogen) atoms. The van der Waals surface area contributed by atoms with Crippen molar-refractivity contribution in [3.05, 3.63) is 34.3 Å². The molecule has 1 saturated heterocycles. The number of hydrogen-bond acceptors (Lipinski definition) is 2. The number of piperidine rings is 1. The molecule has 4 heteroatoms. The Hall–Kier alpha value is -0.870. The third-order valence-electron chi connectivity index (χ3n) is 3.57. The van der Waals surface area contributed by atoms with Crippen LogP contribution >= 0.6 is 15.9 Å². The van der Waals surface area contributed by atoms with E-state index in [1.807, 2.05) is 24.3 Å². The lowest BCUT2D eigenvalue weighted by atomic mass is 10.0. The van der Waals surface area contributed by atoms with Gasteiger partial charge in [-0.3, -0.25) is 4.79 Å². The summed E-state index contributed by atoms with van der Waals surface area (Å²) in [7, 11) is 0. The summed E-state index contributed by atoms with van der Waals surface area (Å²) >= 11 is 3.49. The number of carbonyl (C=O) groups excluding carboxylic acids is 1. The van der Waals surface area contributed by atoms with Crippen LogP contribution in [0.3, 0.4) is 0 Å². The summed E-state index contributed by atoms with van der Waals surface area (Å²) in [6.07, 6.45) is 5.32. The van der Waals surface area contributed by atoms with Gasteiger partial charge in [0.1, 0.15) is 0 Å². The third kappa shape index (κ3) is 4.96. The van der Waals surface area contributed by atoms with Gasteiger partial charge in [0.25, 0.3) is 0 Å². The Labute approximate surface area is 123 Å². The minimum absolute atomic E-state index is 0.142. The average Bonchev–Trinajstić information content (AvgIpc) is 2.45. The topological polar surface area (TPSA) is 41.1 Å². The summed E-state index contributed by atoms with van der Waals surface area (Å²) in [6.45, 7) is 1.70. The Morgan fingerprint density at radius 3 is 2.95 bits per heavy atom. The molecule has 1 amide bonds. The Kier molecular flexibility index (Phi) is 5.86. The van der Waals surface area contributed by atoms with Gasteiger partial charge in [-0.25, -0.2) is 0 Å². The molecule has 1 aliphatic heterocycles. The molecule has 0 aromatic heterocycles. The fourth-order valence-corrected chi connectivity index (χ4v) is 2.82. The van der Waals surface area contributed by atoms with Crippen LogP contribution in [0.2, 0.25) is 0 Å². The van der Waals surface area contributed by atoms with E-state index in [0.717, 1.165) is 23.0 Å². The van der Waals surface area contributed by atoms with Gasteiger partial charge in [-0.05, 0) is 37.4 Å². The molecule has 2 N–H and O–H groups in total. The van der Waals surface area contributed by atoms with E-state index in [2.05, 4.69) is 26.6 Å². The molecule has 1 aromatic carbocycles. The molecule has 1 fully saturated rings. The van der Waals surface area contributed by atoms with E-state index in [-0.39, 0.29) is 5.91 Å². The number of amides is 1. The molecule has 0 bridgehead atoms. The maximum atomic E-state index is 11.8. The highest BCUT2D eigenvalue weighted by atomic mass is 79.9. The molecule has 1 atom stereocenters. The molecule has 1 unspecified atom stereocenters. The SMILES string of the molecule is O=C(CCC1CCCCN1)NCc1ccccc1Br. The highest BCUT2D eigenvalue weighted by Gasteiger charge is 2.13. The van der Waals surface area contributed by atoms with E-state index in [0.29, 0.717) is 19.0 Å². The minimum atomic E-state index is 0.142. The van der Waals surface area contributed by atoms with Crippen LogP contribution in [0.25, 0.3) is 0 Å². The molecule has 0 radical (unpaired) electrons. The lowest BCUT2D eigenvalue weighted by Gasteiger charge is -2.23. The van der Waals surface area contributed by atoms with Crippen molar-refractivity contribution in [2.45, 2.75) is 44.7 Å². The monoisotopic (exact) mass is 324 g/mol. The molecular formula is C15H21BrN2O. The Bertz CT molecular complexity index is 416. The first kappa shape index (κ1) is 14.5. The summed E-state index contributed by atoms with van der Waals surface area (Å²) in [5, 5.41) is 6.45. The predicted molar refractivity (Wildman–Crippen MR) is 80.9 cm³/mol. The normalized spacial score (nSPS) is 19.1. The maximum Gasteiger partial charge on any atom is 0.220 e. The fraction of sp³-hybridized carbons (Fsp3) is 0.533. The fourth-order valence-electron chi connectivity index (χ4n) is 2.40. The van der Waals surface area contributed by atoms with Crippen molar-refractivity contribution in [1.82, 2.24) is 10.6 Å². The van der Waals surface area contributed by atoms with Crippen molar-refractivity contribution >= 4 is 21.8 Å². The molecule has 0 saturated carbocycles. The van der Waals surface area contributed by atoms with Crippen LogP contribution in [0.5, 0.6) is 0 Å². The quantitative estimate of drug-likeness (QED) is 0.874. The van der Waals surface area contributed by atoms with Gasteiger partial charge in [-0.1, -0.05) is 40.5 Å². The second-order valence-corrected chi connectivity index (χ2v) is 5.91. The lowest BCUT2D eigenvalue weighted by molar-refractivity contribution is -0.121. The summed E-state index contributed by atoms with van der Waals surface area (Å²) in [5.74, 6) is 0.142. The standard InChI is InChI=1S/C15H21BrN2O/c16-14-7-2-1-5-12(14)11-18-15(19)9-8-13-6-3-4-10-17-13/h1-2,5,7,13,17H,3-4,6,8-11H2,(H,18,19). The van der Waals surface area contributed by atoms with Crippen LogP contribution in [0.15, 0.2) is 28.7 Å². The molecule has 2 rings (SSSR count). The lowest BCUT2D eigenvalue weighted by Crippen LogP contribution is -2.35. The van der Waals surface area contributed by atoms with Crippen molar-refractivity contribution < 1.29 is 4.79 Å². The minimum Gasteiger partial charge on any atom is -0.352 e. The summed E-state index contributed by atoms with van der Waals surface area (Å²) < 4.78 is 1.05. The van der Waals surface area contributed by atoms with E-state index < -0.39 is 0 Å². The summed E-state index contributed by atoms with van der Waals surface area (Å²) in [6, 6.07) is 8.51. The van der Waals surface area contributed by atoms with Crippen LogP contribution in [0, 0.1) is 0 Å². The number of nitrogens with one attached hydrogen (secondary N) is 2. The van der Waals surface area contributed by atoms with Crippen molar-refractivity contribution in [1.29, 1.82) is 0 Å². The second kappa shape index (κ2) is 7.65. The van der Waals surface area contributed by atoms with E-state index in [9.17, 15) is 4.79 Å². The first-order valence-corrected chi connectivity index (χ1v) is 7.78. The zero-order valence-electron chi connectivity index (χ0n) is 11.1. The summed E-state index contributed by atoms with van der Waals surface area (Å²) in [4.78, 5) is 11.8. The number of halogens is 1. The van der Waals surface area contributed by atoms with Gasteiger partial charge >= 0.3 is 0 Å².